The number of ether oxygens (including phenoxy) is 7. The summed E-state index contributed by atoms with van der Waals surface area (Å²) in [5, 5.41) is 4.72. The van der Waals surface area contributed by atoms with Crippen molar-refractivity contribution in [3.05, 3.63) is 130 Å². The van der Waals surface area contributed by atoms with Gasteiger partial charge in [0, 0.05) is 23.8 Å². The Labute approximate surface area is 412 Å². The summed E-state index contributed by atoms with van der Waals surface area (Å²) in [7, 11) is 2.86. The van der Waals surface area contributed by atoms with Gasteiger partial charge in [-0.15, -0.1) is 26.3 Å². The number of carbonyl (C=O) groups is 4. The van der Waals surface area contributed by atoms with Crippen LogP contribution in [0.2, 0.25) is 0 Å². The Kier molecular flexibility index (Phi) is 17.2. The molecule has 18 nitrogen and oxygen atoms in total. The summed E-state index contributed by atoms with van der Waals surface area (Å²) in [4.78, 5) is 63.9. The molecule has 30 heteroatoms. The van der Waals surface area contributed by atoms with Crippen LogP contribution >= 0.6 is 0 Å². The van der Waals surface area contributed by atoms with Gasteiger partial charge in [0.25, 0.3) is 17.7 Å². The highest BCUT2D eigenvalue weighted by Crippen LogP contribution is 2.43. The smallest absolute Gasteiger partial charge is 0.493 e. The van der Waals surface area contributed by atoms with E-state index in [1.165, 1.54) is 26.2 Å². The Morgan fingerprint density at radius 2 is 0.853 bits per heavy atom. The molecule has 6 aromatic rings. The zero-order valence-corrected chi connectivity index (χ0v) is 38.5. The number of nitrogens with one attached hydrogen (secondary N) is 2. The monoisotopic (exact) mass is 1080 g/mol. The summed E-state index contributed by atoms with van der Waals surface area (Å²) in [6, 6.07) is 9.96. The number of methoxy groups -OCH3 is 3. The number of halogens is 12. The molecule has 0 radical (unpaired) electrons. The van der Waals surface area contributed by atoms with Crippen molar-refractivity contribution in [2.45, 2.75) is 38.9 Å². The Balaban J connectivity index is 0.000000277. The van der Waals surface area contributed by atoms with Crippen molar-refractivity contribution in [3.8, 4) is 46.0 Å². The molecule has 6 rings (SSSR count). The van der Waals surface area contributed by atoms with Gasteiger partial charge in [0.2, 0.25) is 0 Å². The van der Waals surface area contributed by atoms with Crippen LogP contribution in [0, 0.1) is 13.8 Å². The molecule has 0 fully saturated rings. The Bertz CT molecular complexity index is 3080. The van der Waals surface area contributed by atoms with E-state index in [2.05, 4.69) is 44.8 Å². The largest absolute Gasteiger partial charge is 0.573 e. The van der Waals surface area contributed by atoms with Crippen molar-refractivity contribution in [2.75, 3.05) is 32.0 Å². The van der Waals surface area contributed by atoms with Gasteiger partial charge in [0.1, 0.15) is 45.5 Å². The van der Waals surface area contributed by atoms with E-state index in [-0.39, 0.29) is 34.3 Å². The van der Waals surface area contributed by atoms with E-state index in [9.17, 15) is 71.9 Å². The van der Waals surface area contributed by atoms with Crippen molar-refractivity contribution >= 4 is 35.1 Å². The first-order valence-electron chi connectivity index (χ1n) is 20.2. The standard InChI is InChI=1S/C23H17F6N3O6.C22H16F6N4O5/c1-11-9-30-15(21(34)36-3)8-14(11)32-20(33)17-16(10-31-19(18(17)35-2)22(24,25)26)37-12-4-6-13(7-5-12)38-23(27,28)29;1-10-8-30-14(19(29)33)7-13(10)32-20(34)16-15(9-31-18(17(16)35-2)21(23,24)25)36-11-3-5-12(6-4-11)37-22(26,27)28/h4-10H,1-3H3,(H,30,32,33);3-9H,1-2H3,(H2,29,33)(H,30,32,34). The number of nitrogens with zero attached hydrogens (tertiary/aromatic N) is 4. The molecule has 398 valence electrons. The minimum absolute atomic E-state index is 0.000765. The van der Waals surface area contributed by atoms with Crippen molar-refractivity contribution in [3.63, 3.8) is 0 Å². The number of hydrogen-bond donors (Lipinski definition) is 3. The molecule has 4 aromatic heterocycles. The maximum absolute atomic E-state index is 13.6. The maximum atomic E-state index is 13.6. The van der Waals surface area contributed by atoms with Gasteiger partial charge < -0.3 is 49.5 Å². The average molecular weight is 1080 g/mol. The normalized spacial score (nSPS) is 11.5. The molecule has 0 spiro atoms. The van der Waals surface area contributed by atoms with Gasteiger partial charge in [-0.3, -0.25) is 19.4 Å². The molecule has 0 aliphatic heterocycles. The summed E-state index contributed by atoms with van der Waals surface area (Å²) in [5.74, 6) is -8.54. The van der Waals surface area contributed by atoms with E-state index < -0.39 is 106 Å². The van der Waals surface area contributed by atoms with Crippen LogP contribution in [-0.4, -0.2) is 77.7 Å². The van der Waals surface area contributed by atoms with E-state index in [1.54, 1.807) is 0 Å². The van der Waals surface area contributed by atoms with Crippen LogP contribution in [0.5, 0.6) is 46.0 Å². The second kappa shape index (κ2) is 22.7. The number of esters is 1. The molecule has 0 bridgehead atoms. The highest BCUT2D eigenvalue weighted by molar-refractivity contribution is 6.10. The van der Waals surface area contributed by atoms with Crippen LogP contribution in [0.25, 0.3) is 0 Å². The first kappa shape index (κ1) is 56.8. The minimum atomic E-state index is -5.03. The number of carbonyl (C=O) groups excluding carboxylic acids is 4. The number of pyridine rings is 4. The molecule has 75 heavy (non-hydrogen) atoms. The van der Waals surface area contributed by atoms with Gasteiger partial charge in [-0.1, -0.05) is 0 Å². The maximum Gasteiger partial charge on any atom is 0.573 e. The summed E-state index contributed by atoms with van der Waals surface area (Å²) in [5.41, 5.74) is 0.919. The van der Waals surface area contributed by atoms with E-state index in [0.29, 0.717) is 23.5 Å². The van der Waals surface area contributed by atoms with Crippen LogP contribution < -0.4 is 44.8 Å². The molecule has 0 saturated carbocycles. The fourth-order valence-electron chi connectivity index (χ4n) is 6.05. The Morgan fingerprint density at radius 1 is 0.507 bits per heavy atom. The van der Waals surface area contributed by atoms with E-state index in [4.69, 9.17) is 24.7 Å². The van der Waals surface area contributed by atoms with E-state index in [0.717, 1.165) is 82.0 Å². The number of amides is 3. The number of primary amides is 1. The lowest BCUT2D eigenvalue weighted by atomic mass is 10.1. The summed E-state index contributed by atoms with van der Waals surface area (Å²) >= 11 is 0. The number of aryl methyl sites for hydroxylation is 2. The van der Waals surface area contributed by atoms with Gasteiger partial charge in [-0.25, -0.2) is 19.7 Å². The molecule has 0 aliphatic carbocycles. The molecule has 2 aromatic carbocycles. The summed E-state index contributed by atoms with van der Waals surface area (Å²) in [6.07, 6.45) is -16.3. The van der Waals surface area contributed by atoms with Crippen LogP contribution in [0.1, 0.15) is 64.2 Å². The summed E-state index contributed by atoms with van der Waals surface area (Å²) < 4.78 is 189. The highest BCUT2D eigenvalue weighted by atomic mass is 19.4. The zero-order chi connectivity index (χ0) is 55.8. The van der Waals surface area contributed by atoms with Crippen molar-refractivity contribution < 1.29 is 105 Å². The van der Waals surface area contributed by atoms with Crippen molar-refractivity contribution in [2.24, 2.45) is 5.73 Å². The topological polar surface area (TPSA) is 235 Å². The number of hydrogen-bond acceptors (Lipinski definition) is 15. The number of aromatic nitrogens is 4. The Hall–Kier alpha value is -9.12. The zero-order valence-electron chi connectivity index (χ0n) is 38.5. The van der Waals surface area contributed by atoms with Gasteiger partial charge >= 0.3 is 31.0 Å². The lowest BCUT2D eigenvalue weighted by molar-refractivity contribution is -0.275. The fourth-order valence-corrected chi connectivity index (χ4v) is 6.05. The van der Waals surface area contributed by atoms with Gasteiger partial charge in [-0.2, -0.15) is 26.3 Å². The van der Waals surface area contributed by atoms with Gasteiger partial charge in [0.05, 0.1) is 33.7 Å². The second-order valence-corrected chi connectivity index (χ2v) is 14.5. The van der Waals surface area contributed by atoms with Crippen LogP contribution in [0.15, 0.2) is 85.5 Å². The lowest BCUT2D eigenvalue weighted by Gasteiger charge is -2.18. The average Bonchev–Trinajstić information content (AvgIpc) is 3.31. The van der Waals surface area contributed by atoms with Crippen molar-refractivity contribution in [1.82, 2.24) is 19.9 Å². The lowest BCUT2D eigenvalue weighted by Crippen LogP contribution is -2.20. The first-order chi connectivity index (χ1) is 34.9. The molecule has 4 heterocycles. The number of anilines is 2. The second-order valence-electron chi connectivity index (χ2n) is 14.5. The molecule has 0 atom stereocenters. The van der Waals surface area contributed by atoms with E-state index in [1.807, 2.05) is 0 Å². The number of rotatable bonds is 14. The third-order valence-electron chi connectivity index (χ3n) is 9.32. The predicted molar refractivity (Wildman–Crippen MR) is 232 cm³/mol. The molecule has 3 amide bonds. The quantitative estimate of drug-likeness (QED) is 0.0680. The summed E-state index contributed by atoms with van der Waals surface area (Å²) in [6.45, 7) is 3.01. The number of alkyl halides is 12. The van der Waals surface area contributed by atoms with Gasteiger partial charge in [0.15, 0.2) is 34.4 Å². The highest BCUT2D eigenvalue weighted by Gasteiger charge is 2.42. The van der Waals surface area contributed by atoms with E-state index >= 15 is 0 Å². The number of benzene rings is 2. The van der Waals surface area contributed by atoms with Crippen molar-refractivity contribution in [1.29, 1.82) is 0 Å². The molecule has 0 unspecified atom stereocenters. The third-order valence-corrected chi connectivity index (χ3v) is 9.32. The minimum Gasteiger partial charge on any atom is -0.493 e. The molecule has 0 saturated heterocycles. The Morgan fingerprint density at radius 3 is 1.17 bits per heavy atom. The molecule has 0 aliphatic rings. The van der Waals surface area contributed by atoms with Gasteiger partial charge in [-0.05, 0) is 85.6 Å². The molecular weight excluding hydrogens is 1040 g/mol. The third kappa shape index (κ3) is 15.0. The van der Waals surface area contributed by atoms with Crippen LogP contribution in [-0.2, 0) is 17.1 Å². The molecule has 4 N–H and O–H groups in total. The fraction of sp³-hybridized carbons (Fsp3) is 0.200. The van der Waals surface area contributed by atoms with Crippen LogP contribution in [0.4, 0.5) is 64.1 Å². The van der Waals surface area contributed by atoms with Crippen LogP contribution in [0.3, 0.4) is 0 Å². The number of nitrogens with two attached hydrogens (primary N) is 1. The molecular formula is C45H33F12N7O11. The SMILES string of the molecule is COC(=O)c1cc(NC(=O)c2c(Oc3ccc(OC(F)(F)F)cc3)cnc(C(F)(F)F)c2OC)c(C)cn1.COc1c(C(F)(F)F)ncc(Oc2ccc(OC(F)(F)F)cc2)c1C(=O)Nc1cc(C(N)=O)ncc1C. The first-order valence-corrected chi connectivity index (χ1v) is 20.2. The predicted octanol–water partition coefficient (Wildman–Crippen LogP) is 10.4.